The van der Waals surface area contributed by atoms with Gasteiger partial charge in [0.1, 0.15) is 5.75 Å². The third kappa shape index (κ3) is 7.49. The van der Waals surface area contributed by atoms with Crippen LogP contribution in [-0.4, -0.2) is 33.9 Å². The maximum absolute atomic E-state index is 14.1. The molecule has 1 saturated heterocycles. The minimum Gasteiger partial charge on any atom is -0.493 e. The lowest BCUT2D eigenvalue weighted by atomic mass is 9.74. The highest BCUT2D eigenvalue weighted by Gasteiger charge is 2.59. The molecule has 0 spiro atoms. The van der Waals surface area contributed by atoms with Gasteiger partial charge in [0.05, 0.1) is 6.61 Å². The van der Waals surface area contributed by atoms with Gasteiger partial charge in [-0.1, -0.05) is 44.3 Å². The highest BCUT2D eigenvalue weighted by molar-refractivity contribution is 6.58. The Morgan fingerprint density at radius 1 is 0.914 bits per heavy atom. The third-order valence-corrected chi connectivity index (χ3v) is 11.1. The van der Waals surface area contributed by atoms with Crippen LogP contribution in [0.15, 0.2) is 12.1 Å². The fraction of sp³-hybridized carbons (Fsp3) is 0.750. The molecule has 1 unspecified atom stereocenters. The van der Waals surface area contributed by atoms with Crippen LogP contribution in [0.2, 0.25) is 18.1 Å². The number of benzene rings is 1. The monoisotopic (exact) mass is 532 g/mol. The molecule has 2 nitrogen and oxygen atoms in total. The van der Waals surface area contributed by atoms with Crippen LogP contribution in [0.1, 0.15) is 51.9 Å². The molecule has 3 rings (SSSR count). The lowest BCUT2D eigenvalue weighted by molar-refractivity contribution is -0.306. The van der Waals surface area contributed by atoms with Crippen LogP contribution < -0.4 is 9.47 Å². The Morgan fingerprint density at radius 3 is 1.97 bits per heavy atom. The van der Waals surface area contributed by atoms with Crippen molar-refractivity contribution in [3.63, 3.8) is 0 Å². The van der Waals surface area contributed by atoms with Crippen LogP contribution in [0.4, 0.5) is 35.1 Å². The zero-order valence-electron chi connectivity index (χ0n) is 19.7. The summed E-state index contributed by atoms with van der Waals surface area (Å²) in [6.07, 6.45) is -8.25. The van der Waals surface area contributed by atoms with Crippen molar-refractivity contribution in [3.05, 3.63) is 23.8 Å². The summed E-state index contributed by atoms with van der Waals surface area (Å²) in [6.45, 7) is 2.43. The average molecular weight is 533 g/mol. The molecule has 0 N–H and O–H groups in total. The van der Waals surface area contributed by atoms with Gasteiger partial charge in [0.2, 0.25) is 0 Å². The molecule has 1 heterocycles. The van der Waals surface area contributed by atoms with Crippen LogP contribution >= 0.6 is 0 Å². The topological polar surface area (TPSA) is 18.5 Å². The van der Waals surface area contributed by atoms with Gasteiger partial charge in [0.25, 0.3) is 6.17 Å². The summed E-state index contributed by atoms with van der Waals surface area (Å²) >= 11 is 0. The fourth-order valence-corrected chi connectivity index (χ4v) is 8.97. The van der Waals surface area contributed by atoms with E-state index in [4.69, 9.17) is 4.74 Å². The molecule has 1 atom stereocenters. The largest absolute Gasteiger partial charge is 0.493 e. The normalized spacial score (nSPS) is 26.9. The molecule has 1 saturated carbocycles. The predicted molar refractivity (Wildman–Crippen MR) is 118 cm³/mol. The number of ether oxygens (including phenoxy) is 2. The summed E-state index contributed by atoms with van der Waals surface area (Å²) in [6, 6.07) is 5.40. The van der Waals surface area contributed by atoms with E-state index in [0.29, 0.717) is 18.1 Å². The number of hydrogen-bond acceptors (Lipinski definition) is 2. The van der Waals surface area contributed by atoms with E-state index in [9.17, 15) is 35.1 Å². The van der Waals surface area contributed by atoms with E-state index in [1.807, 2.05) is 0 Å². The molecular formula is C24H32F8O2Si. The summed E-state index contributed by atoms with van der Waals surface area (Å²) in [4.78, 5) is 0. The van der Waals surface area contributed by atoms with Crippen LogP contribution in [-0.2, 0) is 0 Å². The van der Waals surface area contributed by atoms with Gasteiger partial charge >= 0.3 is 12.3 Å². The Hall–Kier alpha value is -1.52. The van der Waals surface area contributed by atoms with Gasteiger partial charge in [-0.15, -0.1) is 0 Å². The van der Waals surface area contributed by atoms with Crippen LogP contribution in [0.25, 0.3) is 0 Å². The van der Waals surface area contributed by atoms with E-state index in [1.165, 1.54) is 37.4 Å². The summed E-state index contributed by atoms with van der Waals surface area (Å²) in [5.41, 5.74) is 0. The fourth-order valence-electron chi connectivity index (χ4n) is 5.49. The van der Waals surface area contributed by atoms with Gasteiger partial charge in [-0.05, 0) is 43.4 Å². The third-order valence-electron chi connectivity index (χ3n) is 7.42. The van der Waals surface area contributed by atoms with Crippen molar-refractivity contribution in [1.82, 2.24) is 0 Å². The van der Waals surface area contributed by atoms with Crippen molar-refractivity contribution in [3.8, 4) is 11.5 Å². The van der Waals surface area contributed by atoms with E-state index in [2.05, 4.69) is 11.7 Å². The van der Waals surface area contributed by atoms with Crippen molar-refractivity contribution in [2.45, 2.75) is 88.5 Å². The van der Waals surface area contributed by atoms with Gasteiger partial charge in [0, 0.05) is 20.9 Å². The molecular weight excluding hydrogens is 500 g/mol. The summed E-state index contributed by atoms with van der Waals surface area (Å²) in [7, 11) is -0.515. The lowest BCUT2D eigenvalue weighted by Crippen LogP contribution is -2.46. The Labute approximate surface area is 202 Å². The number of rotatable bonds is 9. The first-order valence-electron chi connectivity index (χ1n) is 12.3. The second kappa shape index (κ2) is 11.7. The molecule has 1 aromatic carbocycles. The zero-order chi connectivity index (χ0) is 25.8. The first-order chi connectivity index (χ1) is 16.4. The molecule has 200 valence electrons. The van der Waals surface area contributed by atoms with E-state index < -0.39 is 44.6 Å². The zero-order valence-corrected chi connectivity index (χ0v) is 20.8. The lowest BCUT2D eigenvalue weighted by Gasteiger charge is -2.37. The van der Waals surface area contributed by atoms with Gasteiger partial charge in [-0.3, -0.25) is 0 Å². The van der Waals surface area contributed by atoms with Gasteiger partial charge in [0.15, 0.2) is 17.4 Å². The smallest absolute Gasteiger partial charge is 0.439 e. The maximum Gasteiger partial charge on any atom is 0.439 e. The predicted octanol–water partition coefficient (Wildman–Crippen LogP) is 8.07. The SMILES string of the molecule is CCC[Si@H]1CC[C@H]([C@H]2CC[C@H](COc3cc(F)c(OC(F)(F)C(F)C(F)(F)F)c(F)c3)CC2)CC1. The molecule has 0 bridgehead atoms. The summed E-state index contributed by atoms with van der Waals surface area (Å²) in [5.74, 6) is -3.85. The van der Waals surface area contributed by atoms with Crippen molar-refractivity contribution >= 4 is 8.80 Å². The molecule has 0 amide bonds. The summed E-state index contributed by atoms with van der Waals surface area (Å²) in [5, 5.41) is 0. The van der Waals surface area contributed by atoms with Gasteiger partial charge in [-0.2, -0.15) is 22.0 Å². The number of halogens is 8. The molecule has 0 aromatic heterocycles. The Balaban J connectivity index is 1.49. The highest BCUT2D eigenvalue weighted by Crippen LogP contribution is 2.42. The quantitative estimate of drug-likeness (QED) is 0.237. The average Bonchev–Trinajstić information content (AvgIpc) is 2.80. The van der Waals surface area contributed by atoms with E-state index in [-0.39, 0.29) is 18.3 Å². The Morgan fingerprint density at radius 2 is 1.46 bits per heavy atom. The number of alkyl halides is 6. The first kappa shape index (κ1) is 28.1. The van der Waals surface area contributed by atoms with E-state index in [0.717, 1.165) is 31.6 Å². The Bertz CT molecular complexity index is 795. The maximum atomic E-state index is 14.1. The molecule has 2 aliphatic rings. The first-order valence-corrected chi connectivity index (χ1v) is 14.7. The van der Waals surface area contributed by atoms with Crippen molar-refractivity contribution in [2.75, 3.05) is 6.61 Å². The molecule has 11 heteroatoms. The minimum atomic E-state index is -5.96. The van der Waals surface area contributed by atoms with Gasteiger partial charge in [-0.25, -0.2) is 13.2 Å². The molecule has 0 radical (unpaired) electrons. The molecule has 1 aliphatic carbocycles. The minimum absolute atomic E-state index is 0.179. The van der Waals surface area contributed by atoms with E-state index >= 15 is 0 Å². The van der Waals surface area contributed by atoms with Crippen LogP contribution in [0.5, 0.6) is 11.5 Å². The highest BCUT2D eigenvalue weighted by atomic mass is 28.3. The van der Waals surface area contributed by atoms with Crippen molar-refractivity contribution in [1.29, 1.82) is 0 Å². The van der Waals surface area contributed by atoms with Crippen molar-refractivity contribution < 1.29 is 44.6 Å². The van der Waals surface area contributed by atoms with Crippen molar-refractivity contribution in [2.24, 2.45) is 17.8 Å². The molecule has 1 aromatic rings. The number of hydrogen-bond donors (Lipinski definition) is 0. The van der Waals surface area contributed by atoms with Crippen LogP contribution in [0.3, 0.4) is 0 Å². The van der Waals surface area contributed by atoms with Gasteiger partial charge < -0.3 is 9.47 Å². The molecule has 35 heavy (non-hydrogen) atoms. The molecule has 2 fully saturated rings. The second-order valence-electron chi connectivity index (χ2n) is 9.95. The Kier molecular flexibility index (Phi) is 9.37. The second-order valence-corrected chi connectivity index (χ2v) is 13.4. The standard InChI is InChI=1S/C24H32F8O2Si/c1-2-9-35-10-7-17(8-11-35)16-5-3-15(4-6-16)14-33-18-12-19(25)21(20(26)13-18)34-24(31,32)22(27)23(28,29)30/h12-13,15-17,22,35H,2-11,14H2,1H3/t15-,16-,17-,22?,35-. The molecule has 1 aliphatic heterocycles. The van der Waals surface area contributed by atoms with E-state index in [1.54, 1.807) is 0 Å². The summed E-state index contributed by atoms with van der Waals surface area (Å²) < 4.78 is 114. The van der Waals surface area contributed by atoms with Crippen LogP contribution in [0, 0.1) is 29.4 Å².